The molecule has 0 N–H and O–H groups in total. The Morgan fingerprint density at radius 1 is 1.13 bits per heavy atom. The van der Waals surface area contributed by atoms with Gasteiger partial charge in [0.05, 0.1) is 32.3 Å². The van der Waals surface area contributed by atoms with E-state index < -0.39 is 0 Å². The molecule has 0 radical (unpaired) electrons. The first-order valence-corrected chi connectivity index (χ1v) is 11.6. The second-order valence-electron chi connectivity index (χ2n) is 8.74. The lowest BCUT2D eigenvalue weighted by atomic mass is 9.90. The molecular formula is C24H34N2O5. The molecule has 0 spiro atoms. The number of carbonyl (C=O) groups excluding carboxylic acids is 2. The van der Waals surface area contributed by atoms with Gasteiger partial charge >= 0.3 is 0 Å². The SMILES string of the molecule is CCCCN1C(=O)CC(C(=O)N2CCC(C3OCCO3)CC2)C1c1ccc(OC)cc1. The normalized spacial score (nSPS) is 25.4. The van der Waals surface area contributed by atoms with Gasteiger partial charge in [-0.3, -0.25) is 9.59 Å². The summed E-state index contributed by atoms with van der Waals surface area (Å²) >= 11 is 0. The average molecular weight is 431 g/mol. The summed E-state index contributed by atoms with van der Waals surface area (Å²) in [4.78, 5) is 30.3. The minimum absolute atomic E-state index is 0.0789. The summed E-state index contributed by atoms with van der Waals surface area (Å²) in [6.07, 6.45) is 3.87. The van der Waals surface area contributed by atoms with Crippen molar-refractivity contribution in [3.63, 3.8) is 0 Å². The van der Waals surface area contributed by atoms with Crippen molar-refractivity contribution in [1.29, 1.82) is 0 Å². The maximum atomic E-state index is 13.6. The summed E-state index contributed by atoms with van der Waals surface area (Å²) in [5.74, 6) is 0.952. The third-order valence-corrected chi connectivity index (χ3v) is 6.84. The number of methoxy groups -OCH3 is 1. The van der Waals surface area contributed by atoms with E-state index in [0.717, 1.165) is 37.0 Å². The smallest absolute Gasteiger partial charge is 0.228 e. The van der Waals surface area contributed by atoms with Crippen molar-refractivity contribution in [2.75, 3.05) is 40.0 Å². The zero-order valence-corrected chi connectivity index (χ0v) is 18.6. The quantitative estimate of drug-likeness (QED) is 0.665. The molecule has 4 rings (SSSR count). The van der Waals surface area contributed by atoms with E-state index in [1.165, 1.54) is 0 Å². The Labute approximate surface area is 184 Å². The number of likely N-dealkylation sites (tertiary alicyclic amines) is 2. The number of hydrogen-bond acceptors (Lipinski definition) is 5. The van der Waals surface area contributed by atoms with Gasteiger partial charge in [-0.05, 0) is 37.0 Å². The van der Waals surface area contributed by atoms with Crippen molar-refractivity contribution in [1.82, 2.24) is 9.80 Å². The Hall–Kier alpha value is -2.12. The third kappa shape index (κ3) is 4.72. The van der Waals surface area contributed by atoms with Gasteiger partial charge in [-0.2, -0.15) is 0 Å². The van der Waals surface area contributed by atoms with Crippen LogP contribution in [0, 0.1) is 11.8 Å². The standard InChI is InChI=1S/C24H34N2O5/c1-3-4-11-26-21(27)16-20(22(26)17-5-7-19(29-2)8-6-17)23(28)25-12-9-18(10-13-25)24-30-14-15-31-24/h5-8,18,20,22,24H,3-4,9-16H2,1-2H3. The van der Waals surface area contributed by atoms with E-state index in [-0.39, 0.29) is 36.5 Å². The van der Waals surface area contributed by atoms with E-state index in [2.05, 4.69) is 6.92 Å². The van der Waals surface area contributed by atoms with Crippen molar-refractivity contribution in [3.8, 4) is 5.75 Å². The van der Waals surface area contributed by atoms with Crippen LogP contribution in [0.4, 0.5) is 0 Å². The lowest BCUT2D eigenvalue weighted by molar-refractivity contribution is -0.141. The van der Waals surface area contributed by atoms with Crippen molar-refractivity contribution in [3.05, 3.63) is 29.8 Å². The zero-order valence-electron chi connectivity index (χ0n) is 18.6. The topological polar surface area (TPSA) is 68.3 Å². The summed E-state index contributed by atoms with van der Waals surface area (Å²) in [7, 11) is 1.64. The number of amides is 2. The third-order valence-electron chi connectivity index (χ3n) is 6.84. The van der Waals surface area contributed by atoms with E-state index in [0.29, 0.717) is 38.8 Å². The van der Waals surface area contributed by atoms with Gasteiger partial charge in [0.25, 0.3) is 0 Å². The molecule has 2 atom stereocenters. The molecule has 170 valence electrons. The molecule has 3 heterocycles. The van der Waals surface area contributed by atoms with Gasteiger partial charge in [0.15, 0.2) is 6.29 Å². The predicted molar refractivity (Wildman–Crippen MR) is 115 cm³/mol. The van der Waals surface area contributed by atoms with Gasteiger partial charge in [-0.15, -0.1) is 0 Å². The van der Waals surface area contributed by atoms with Gasteiger partial charge in [-0.1, -0.05) is 25.5 Å². The minimum atomic E-state index is -0.340. The summed E-state index contributed by atoms with van der Waals surface area (Å²) in [6, 6.07) is 7.58. The number of piperidine rings is 1. The Morgan fingerprint density at radius 3 is 2.42 bits per heavy atom. The first-order chi connectivity index (χ1) is 15.1. The molecule has 3 aliphatic heterocycles. The number of nitrogens with zero attached hydrogens (tertiary/aromatic N) is 2. The maximum absolute atomic E-state index is 13.6. The van der Waals surface area contributed by atoms with Gasteiger partial charge in [-0.25, -0.2) is 0 Å². The van der Waals surface area contributed by atoms with Crippen molar-refractivity contribution < 1.29 is 23.8 Å². The maximum Gasteiger partial charge on any atom is 0.228 e. The summed E-state index contributed by atoms with van der Waals surface area (Å²) < 4.78 is 16.6. The Morgan fingerprint density at radius 2 is 1.81 bits per heavy atom. The molecule has 0 aromatic heterocycles. The fourth-order valence-electron chi connectivity index (χ4n) is 5.09. The highest BCUT2D eigenvalue weighted by atomic mass is 16.7. The largest absolute Gasteiger partial charge is 0.497 e. The Bertz CT molecular complexity index is 754. The predicted octanol–water partition coefficient (Wildman–Crippen LogP) is 3.00. The van der Waals surface area contributed by atoms with E-state index in [1.807, 2.05) is 34.1 Å². The molecule has 1 aromatic rings. The number of rotatable bonds is 7. The highest BCUT2D eigenvalue weighted by Gasteiger charge is 2.46. The van der Waals surface area contributed by atoms with Gasteiger partial charge in [0.1, 0.15) is 5.75 Å². The second kappa shape index (κ2) is 10.0. The molecule has 31 heavy (non-hydrogen) atoms. The van der Waals surface area contributed by atoms with E-state index in [1.54, 1.807) is 7.11 Å². The van der Waals surface area contributed by atoms with Crippen LogP contribution >= 0.6 is 0 Å². The van der Waals surface area contributed by atoms with Crippen LogP contribution in [0.25, 0.3) is 0 Å². The molecule has 3 aliphatic rings. The molecule has 2 amide bonds. The van der Waals surface area contributed by atoms with Crippen LogP contribution in [0.15, 0.2) is 24.3 Å². The molecule has 7 nitrogen and oxygen atoms in total. The average Bonchev–Trinajstić information content (AvgIpc) is 3.46. The van der Waals surface area contributed by atoms with E-state index >= 15 is 0 Å². The number of hydrogen-bond donors (Lipinski definition) is 0. The molecule has 7 heteroatoms. The van der Waals surface area contributed by atoms with Crippen LogP contribution in [0.5, 0.6) is 5.75 Å². The molecule has 0 saturated carbocycles. The number of unbranched alkanes of at least 4 members (excludes halogenated alkanes) is 1. The fourth-order valence-corrected chi connectivity index (χ4v) is 5.09. The number of ether oxygens (including phenoxy) is 3. The molecule has 3 fully saturated rings. The zero-order chi connectivity index (χ0) is 21.8. The minimum Gasteiger partial charge on any atom is -0.497 e. The van der Waals surface area contributed by atoms with Crippen molar-refractivity contribution >= 4 is 11.8 Å². The van der Waals surface area contributed by atoms with Crippen molar-refractivity contribution in [2.24, 2.45) is 11.8 Å². The molecule has 0 bridgehead atoms. The Balaban J connectivity index is 1.49. The van der Waals surface area contributed by atoms with Crippen LogP contribution in [0.2, 0.25) is 0 Å². The molecular weight excluding hydrogens is 396 g/mol. The van der Waals surface area contributed by atoms with Crippen LogP contribution in [-0.4, -0.2) is 67.9 Å². The van der Waals surface area contributed by atoms with E-state index in [4.69, 9.17) is 14.2 Å². The fraction of sp³-hybridized carbons (Fsp3) is 0.667. The summed E-state index contributed by atoms with van der Waals surface area (Å²) in [5, 5.41) is 0. The van der Waals surface area contributed by atoms with Crippen LogP contribution in [0.1, 0.15) is 50.6 Å². The van der Waals surface area contributed by atoms with Crippen LogP contribution in [0.3, 0.4) is 0 Å². The lowest BCUT2D eigenvalue weighted by Gasteiger charge is -2.36. The first kappa shape index (κ1) is 22.1. The van der Waals surface area contributed by atoms with Crippen LogP contribution in [-0.2, 0) is 19.1 Å². The van der Waals surface area contributed by atoms with Gasteiger partial charge < -0.3 is 24.0 Å². The highest BCUT2D eigenvalue weighted by Crippen LogP contribution is 2.40. The number of benzene rings is 1. The Kier molecular flexibility index (Phi) is 7.13. The molecule has 2 unspecified atom stereocenters. The lowest BCUT2D eigenvalue weighted by Crippen LogP contribution is -2.45. The molecule has 1 aromatic carbocycles. The molecule has 3 saturated heterocycles. The first-order valence-electron chi connectivity index (χ1n) is 11.6. The van der Waals surface area contributed by atoms with Gasteiger partial charge in [0, 0.05) is 32.0 Å². The van der Waals surface area contributed by atoms with Gasteiger partial charge in [0.2, 0.25) is 11.8 Å². The van der Waals surface area contributed by atoms with Crippen LogP contribution < -0.4 is 4.74 Å². The van der Waals surface area contributed by atoms with Crippen molar-refractivity contribution in [2.45, 2.75) is 51.4 Å². The monoisotopic (exact) mass is 430 g/mol. The number of carbonyl (C=O) groups is 2. The summed E-state index contributed by atoms with van der Waals surface area (Å²) in [5.41, 5.74) is 1.00. The molecule has 0 aliphatic carbocycles. The second-order valence-corrected chi connectivity index (χ2v) is 8.74. The highest BCUT2D eigenvalue weighted by molar-refractivity contribution is 5.90. The van der Waals surface area contributed by atoms with E-state index in [9.17, 15) is 9.59 Å². The summed E-state index contributed by atoms with van der Waals surface area (Å²) in [6.45, 7) is 5.52.